The minimum Gasteiger partial charge on any atom is -0.491 e. The molecule has 0 saturated carbocycles. The van der Waals surface area contributed by atoms with E-state index < -0.39 is 0 Å². The zero-order chi connectivity index (χ0) is 14.8. The van der Waals surface area contributed by atoms with Gasteiger partial charge < -0.3 is 20.0 Å². The largest absolute Gasteiger partial charge is 0.491 e. The number of nitrogens with one attached hydrogen (secondary N) is 3. The topological polar surface area (TPSA) is 87.0 Å². The molecule has 0 spiro atoms. The first-order valence-electron chi connectivity index (χ1n) is 6.32. The molecule has 1 aromatic carbocycles. The van der Waals surface area contributed by atoms with Crippen molar-refractivity contribution >= 4 is 22.5 Å². The van der Waals surface area contributed by atoms with Gasteiger partial charge in [0.25, 0.3) is 5.91 Å². The van der Waals surface area contributed by atoms with E-state index in [0.717, 1.165) is 10.9 Å². The molecule has 0 aliphatic heterocycles. The number of aromatic amines is 2. The van der Waals surface area contributed by atoms with Gasteiger partial charge in [-0.25, -0.2) is 0 Å². The van der Waals surface area contributed by atoms with Crippen LogP contribution in [0.3, 0.4) is 0 Å². The van der Waals surface area contributed by atoms with Crippen LogP contribution in [0.25, 0.3) is 10.9 Å². The highest BCUT2D eigenvalue weighted by Gasteiger charge is 2.10. The van der Waals surface area contributed by atoms with E-state index in [4.69, 9.17) is 4.74 Å². The van der Waals surface area contributed by atoms with Crippen molar-refractivity contribution < 1.29 is 9.53 Å². The number of carbonyl (C=O) groups is 1. The Kier molecular flexibility index (Phi) is 3.19. The molecule has 0 atom stereocenters. The molecule has 3 rings (SSSR count). The zero-order valence-corrected chi connectivity index (χ0v) is 11.3. The van der Waals surface area contributed by atoms with E-state index in [1.165, 1.54) is 19.4 Å². The minimum absolute atomic E-state index is 0.166. The summed E-state index contributed by atoms with van der Waals surface area (Å²) in [5.41, 5.74) is 1.40. The van der Waals surface area contributed by atoms with Crippen LogP contribution < -0.4 is 15.5 Å². The van der Waals surface area contributed by atoms with Crippen LogP contribution in [0.2, 0.25) is 0 Å². The van der Waals surface area contributed by atoms with Crippen molar-refractivity contribution in [2.75, 3.05) is 12.4 Å². The summed E-state index contributed by atoms with van der Waals surface area (Å²) in [6.07, 6.45) is 3.20. The maximum atomic E-state index is 12.1. The average molecular weight is 283 g/mol. The summed E-state index contributed by atoms with van der Waals surface area (Å²) in [6.45, 7) is 0. The molecule has 2 heterocycles. The van der Waals surface area contributed by atoms with Gasteiger partial charge in [-0.2, -0.15) is 0 Å². The second-order valence-electron chi connectivity index (χ2n) is 4.51. The summed E-state index contributed by atoms with van der Waals surface area (Å²) < 4.78 is 4.86. The van der Waals surface area contributed by atoms with Gasteiger partial charge in [-0.3, -0.25) is 9.59 Å². The van der Waals surface area contributed by atoms with E-state index in [1.807, 2.05) is 24.4 Å². The fourth-order valence-electron chi connectivity index (χ4n) is 2.07. The van der Waals surface area contributed by atoms with E-state index in [-0.39, 0.29) is 22.8 Å². The number of ether oxygens (including phenoxy) is 1. The Bertz CT molecular complexity index is 864. The van der Waals surface area contributed by atoms with Crippen molar-refractivity contribution in [3.05, 3.63) is 58.6 Å². The Morgan fingerprint density at radius 3 is 2.81 bits per heavy atom. The molecule has 0 bridgehead atoms. The van der Waals surface area contributed by atoms with Gasteiger partial charge in [0, 0.05) is 29.7 Å². The summed E-state index contributed by atoms with van der Waals surface area (Å²) >= 11 is 0. The highest BCUT2D eigenvalue weighted by molar-refractivity contribution is 6.03. The van der Waals surface area contributed by atoms with E-state index in [0.29, 0.717) is 5.69 Å². The molecule has 3 N–H and O–H groups in total. The molecule has 1 amide bonds. The monoisotopic (exact) mass is 283 g/mol. The molecule has 3 aromatic rings. The Labute approximate surface area is 119 Å². The Balaban J connectivity index is 1.85. The molecule has 106 valence electrons. The maximum absolute atomic E-state index is 12.1. The van der Waals surface area contributed by atoms with Crippen molar-refractivity contribution in [1.29, 1.82) is 0 Å². The summed E-state index contributed by atoms with van der Waals surface area (Å²) in [7, 11) is 1.40. The lowest BCUT2D eigenvalue weighted by molar-refractivity contribution is 0.102. The van der Waals surface area contributed by atoms with Crippen LogP contribution in [0.1, 0.15) is 10.5 Å². The lowest BCUT2D eigenvalue weighted by atomic mass is 10.2. The standard InChI is InChI=1S/C15H13N3O3/c1-21-14-8-17-12(7-13(14)19)15(20)18-10-3-2-9-4-5-16-11(9)6-10/h2-8,16H,1H3,(H,17,19)(H,18,20). The summed E-state index contributed by atoms with van der Waals surface area (Å²) in [5.74, 6) is -0.222. The van der Waals surface area contributed by atoms with E-state index in [1.54, 1.807) is 6.07 Å². The highest BCUT2D eigenvalue weighted by Crippen LogP contribution is 2.18. The number of pyridine rings is 1. The molecule has 0 aliphatic carbocycles. The number of benzene rings is 1. The number of H-pyrrole nitrogens is 2. The fraction of sp³-hybridized carbons (Fsp3) is 0.0667. The predicted molar refractivity (Wildman–Crippen MR) is 79.9 cm³/mol. The smallest absolute Gasteiger partial charge is 0.272 e. The number of fused-ring (bicyclic) bond motifs is 1. The van der Waals surface area contributed by atoms with E-state index in [2.05, 4.69) is 15.3 Å². The predicted octanol–water partition coefficient (Wildman–Crippen LogP) is 2.12. The van der Waals surface area contributed by atoms with Gasteiger partial charge in [0.2, 0.25) is 5.43 Å². The first-order chi connectivity index (χ1) is 10.2. The first kappa shape index (κ1) is 13.0. The molecule has 21 heavy (non-hydrogen) atoms. The Morgan fingerprint density at radius 2 is 2.05 bits per heavy atom. The number of aromatic nitrogens is 2. The quantitative estimate of drug-likeness (QED) is 0.688. The molecule has 0 saturated heterocycles. The Morgan fingerprint density at radius 1 is 1.19 bits per heavy atom. The van der Waals surface area contributed by atoms with Crippen LogP contribution in [0.5, 0.6) is 5.75 Å². The number of hydrogen-bond acceptors (Lipinski definition) is 3. The van der Waals surface area contributed by atoms with Crippen LogP contribution >= 0.6 is 0 Å². The van der Waals surface area contributed by atoms with Crippen molar-refractivity contribution in [3.63, 3.8) is 0 Å². The number of hydrogen-bond donors (Lipinski definition) is 3. The van der Waals surface area contributed by atoms with Crippen molar-refractivity contribution in [3.8, 4) is 5.75 Å². The van der Waals surface area contributed by atoms with Crippen LogP contribution in [-0.2, 0) is 0 Å². The second-order valence-corrected chi connectivity index (χ2v) is 4.51. The van der Waals surface area contributed by atoms with Gasteiger partial charge in [0.05, 0.1) is 7.11 Å². The van der Waals surface area contributed by atoms with Crippen LogP contribution in [-0.4, -0.2) is 23.0 Å². The van der Waals surface area contributed by atoms with E-state index >= 15 is 0 Å². The van der Waals surface area contributed by atoms with Gasteiger partial charge in [0.15, 0.2) is 5.75 Å². The summed E-state index contributed by atoms with van der Waals surface area (Å²) in [4.78, 5) is 29.6. The van der Waals surface area contributed by atoms with Gasteiger partial charge in [0.1, 0.15) is 5.69 Å². The van der Waals surface area contributed by atoms with E-state index in [9.17, 15) is 9.59 Å². The number of anilines is 1. The van der Waals surface area contributed by atoms with Gasteiger partial charge >= 0.3 is 0 Å². The third-order valence-corrected chi connectivity index (χ3v) is 3.15. The highest BCUT2D eigenvalue weighted by atomic mass is 16.5. The average Bonchev–Trinajstić information content (AvgIpc) is 2.94. The molecule has 0 unspecified atom stereocenters. The number of methoxy groups -OCH3 is 1. The SMILES string of the molecule is COc1c[nH]c(C(=O)Nc2ccc3cc[nH]c3c2)cc1=O. The maximum Gasteiger partial charge on any atom is 0.272 e. The number of amides is 1. The second kappa shape index (κ2) is 5.16. The molecule has 6 heteroatoms. The number of carbonyl (C=O) groups excluding carboxylic acids is 1. The molecule has 0 radical (unpaired) electrons. The summed E-state index contributed by atoms with van der Waals surface area (Å²) in [6, 6.07) is 8.69. The lowest BCUT2D eigenvalue weighted by Crippen LogP contribution is -2.17. The minimum atomic E-state index is -0.388. The molecular formula is C15H13N3O3. The van der Waals surface area contributed by atoms with Crippen molar-refractivity contribution in [1.82, 2.24) is 9.97 Å². The number of rotatable bonds is 3. The van der Waals surface area contributed by atoms with Crippen LogP contribution in [0.4, 0.5) is 5.69 Å². The zero-order valence-electron chi connectivity index (χ0n) is 11.3. The lowest BCUT2D eigenvalue weighted by Gasteiger charge is -2.06. The molecular weight excluding hydrogens is 270 g/mol. The van der Waals surface area contributed by atoms with Gasteiger partial charge in [-0.15, -0.1) is 0 Å². The fourth-order valence-corrected chi connectivity index (χ4v) is 2.07. The normalized spacial score (nSPS) is 10.5. The summed E-state index contributed by atoms with van der Waals surface area (Å²) in [5, 5.41) is 3.80. The molecule has 0 aliphatic rings. The third-order valence-electron chi connectivity index (χ3n) is 3.15. The molecule has 2 aromatic heterocycles. The molecule has 0 fully saturated rings. The van der Waals surface area contributed by atoms with Gasteiger partial charge in [-0.05, 0) is 23.6 Å². The van der Waals surface area contributed by atoms with Crippen LogP contribution in [0.15, 0.2) is 47.5 Å². The third kappa shape index (κ3) is 2.51. The molecule has 6 nitrogen and oxygen atoms in total. The van der Waals surface area contributed by atoms with Crippen molar-refractivity contribution in [2.24, 2.45) is 0 Å². The van der Waals surface area contributed by atoms with Crippen LogP contribution in [0, 0.1) is 0 Å². The van der Waals surface area contributed by atoms with Crippen molar-refractivity contribution in [2.45, 2.75) is 0 Å². The Hall–Kier alpha value is -3.02. The van der Waals surface area contributed by atoms with Gasteiger partial charge in [-0.1, -0.05) is 6.07 Å². The first-order valence-corrected chi connectivity index (χ1v) is 6.32.